The number of hydrogen-bond acceptors (Lipinski definition) is 3. The first-order valence-electron chi connectivity index (χ1n) is 6.85. The Balaban J connectivity index is 2.21. The van der Waals surface area contributed by atoms with Gasteiger partial charge >= 0.3 is 0 Å². The highest BCUT2D eigenvalue weighted by Crippen LogP contribution is 2.14. The minimum Gasteiger partial charge on any atom is -0.326 e. The van der Waals surface area contributed by atoms with Crippen molar-refractivity contribution in [3.63, 3.8) is 0 Å². The molecule has 0 unspecified atom stereocenters. The summed E-state index contributed by atoms with van der Waals surface area (Å²) in [7, 11) is -3.21. The minimum atomic E-state index is -3.21. The molecule has 0 radical (unpaired) electrons. The minimum absolute atomic E-state index is 0.0657. The van der Waals surface area contributed by atoms with Gasteiger partial charge in [0.2, 0.25) is 15.9 Å². The van der Waals surface area contributed by atoms with E-state index < -0.39 is 15.3 Å². The molecule has 0 spiro atoms. The normalized spacial score (nSPS) is 11.6. The number of rotatable bonds is 8. The number of benzene rings is 1. The van der Waals surface area contributed by atoms with Gasteiger partial charge in [-0.05, 0) is 51.0 Å². The molecule has 118 valence electrons. The van der Waals surface area contributed by atoms with Crippen LogP contribution >= 0.6 is 15.9 Å². The van der Waals surface area contributed by atoms with E-state index in [9.17, 15) is 13.2 Å². The van der Waals surface area contributed by atoms with Crippen LogP contribution in [0.3, 0.4) is 0 Å². The number of amides is 1. The lowest BCUT2D eigenvalue weighted by Gasteiger charge is -2.09. The summed E-state index contributed by atoms with van der Waals surface area (Å²) in [6, 6.07) is 7.35. The number of unbranched alkanes of at least 4 members (excludes halogenated alkanes) is 1. The quantitative estimate of drug-likeness (QED) is 0.684. The van der Waals surface area contributed by atoms with Crippen molar-refractivity contribution >= 4 is 37.5 Å². The predicted octanol–water partition coefficient (Wildman–Crippen LogP) is 2.89. The van der Waals surface area contributed by atoms with Gasteiger partial charge in [0.25, 0.3) is 0 Å². The number of carbonyl (C=O) groups is 1. The van der Waals surface area contributed by atoms with Crippen LogP contribution in [0.2, 0.25) is 0 Å². The molecular weight excluding hydrogens is 356 g/mol. The third-order valence-electron chi connectivity index (χ3n) is 2.88. The average molecular weight is 377 g/mol. The van der Waals surface area contributed by atoms with Crippen LogP contribution in [0.25, 0.3) is 0 Å². The highest BCUT2D eigenvalue weighted by atomic mass is 79.9. The largest absolute Gasteiger partial charge is 0.326 e. The van der Waals surface area contributed by atoms with E-state index in [4.69, 9.17) is 0 Å². The molecule has 0 saturated heterocycles. The van der Waals surface area contributed by atoms with Crippen LogP contribution in [0.1, 0.15) is 33.1 Å². The van der Waals surface area contributed by atoms with Gasteiger partial charge in [-0.3, -0.25) is 4.79 Å². The summed E-state index contributed by atoms with van der Waals surface area (Å²) in [6.07, 6.45) is 1.65. The smallest absolute Gasteiger partial charge is 0.224 e. The third-order valence-corrected chi connectivity index (χ3v) is 5.26. The number of sulfonamides is 1. The van der Waals surface area contributed by atoms with Gasteiger partial charge in [0.1, 0.15) is 0 Å². The van der Waals surface area contributed by atoms with Crippen molar-refractivity contribution in [1.82, 2.24) is 4.72 Å². The molecule has 0 aliphatic carbocycles. The summed E-state index contributed by atoms with van der Waals surface area (Å²) >= 11 is 3.33. The Kier molecular flexibility index (Phi) is 7.34. The van der Waals surface area contributed by atoms with Crippen molar-refractivity contribution in [2.24, 2.45) is 0 Å². The summed E-state index contributed by atoms with van der Waals surface area (Å²) in [5, 5.41) is 2.36. The van der Waals surface area contributed by atoms with Crippen LogP contribution in [-0.4, -0.2) is 26.1 Å². The average Bonchev–Trinajstić information content (AvgIpc) is 2.40. The lowest BCUT2D eigenvalue weighted by molar-refractivity contribution is -0.116. The first kappa shape index (κ1) is 18.1. The van der Waals surface area contributed by atoms with Gasteiger partial charge in [-0.25, -0.2) is 13.1 Å². The Bertz CT molecular complexity index is 556. The fourth-order valence-corrected chi connectivity index (χ4v) is 2.57. The maximum Gasteiger partial charge on any atom is 0.224 e. The molecular formula is C14H21BrN2O3S. The molecule has 0 atom stereocenters. The molecule has 0 bridgehead atoms. The van der Waals surface area contributed by atoms with E-state index >= 15 is 0 Å². The Labute approximate surface area is 134 Å². The topological polar surface area (TPSA) is 75.3 Å². The molecule has 21 heavy (non-hydrogen) atoms. The molecule has 7 heteroatoms. The van der Waals surface area contributed by atoms with E-state index in [1.165, 1.54) is 0 Å². The van der Waals surface area contributed by atoms with E-state index in [0.29, 0.717) is 25.8 Å². The van der Waals surface area contributed by atoms with Crippen LogP contribution in [0.15, 0.2) is 28.7 Å². The summed E-state index contributed by atoms with van der Waals surface area (Å²) < 4.78 is 26.5. The van der Waals surface area contributed by atoms with Gasteiger partial charge in [0.15, 0.2) is 0 Å². The van der Waals surface area contributed by atoms with Gasteiger partial charge in [-0.1, -0.05) is 15.9 Å². The predicted molar refractivity (Wildman–Crippen MR) is 88.7 cm³/mol. The maximum absolute atomic E-state index is 11.7. The standard InChI is InChI=1S/C14H21BrN2O3S/c1-11(2)21(19,20)16-10-4-3-5-14(18)17-13-8-6-12(15)7-9-13/h6-9,11,16H,3-5,10H2,1-2H3,(H,17,18). The van der Waals surface area contributed by atoms with E-state index in [1.807, 2.05) is 24.3 Å². The molecule has 0 heterocycles. The second-order valence-corrected chi connectivity index (χ2v) is 8.24. The number of carbonyl (C=O) groups excluding carboxylic acids is 1. The second kappa shape index (κ2) is 8.51. The van der Waals surface area contributed by atoms with E-state index in [0.717, 1.165) is 10.2 Å². The van der Waals surface area contributed by atoms with Crippen molar-refractivity contribution in [2.45, 2.75) is 38.4 Å². The SMILES string of the molecule is CC(C)S(=O)(=O)NCCCCC(=O)Nc1ccc(Br)cc1. The van der Waals surface area contributed by atoms with Crippen molar-refractivity contribution < 1.29 is 13.2 Å². The lowest BCUT2D eigenvalue weighted by atomic mass is 10.2. The Morgan fingerprint density at radius 1 is 1.19 bits per heavy atom. The first-order valence-corrected chi connectivity index (χ1v) is 9.19. The molecule has 0 aliphatic heterocycles. The molecule has 1 amide bonds. The zero-order chi connectivity index (χ0) is 15.9. The van der Waals surface area contributed by atoms with Crippen molar-refractivity contribution in [1.29, 1.82) is 0 Å². The summed E-state index contributed by atoms with van der Waals surface area (Å²) in [4.78, 5) is 11.7. The number of halogens is 1. The molecule has 1 rings (SSSR count). The summed E-state index contributed by atoms with van der Waals surface area (Å²) in [5.74, 6) is -0.0657. The number of nitrogens with one attached hydrogen (secondary N) is 2. The summed E-state index contributed by atoms with van der Waals surface area (Å²) in [6.45, 7) is 3.63. The van der Waals surface area contributed by atoms with Crippen LogP contribution in [0, 0.1) is 0 Å². The highest BCUT2D eigenvalue weighted by molar-refractivity contribution is 9.10. The van der Waals surface area contributed by atoms with Crippen molar-refractivity contribution in [3.8, 4) is 0 Å². The van der Waals surface area contributed by atoms with E-state index in [1.54, 1.807) is 13.8 Å². The maximum atomic E-state index is 11.7. The van der Waals surface area contributed by atoms with Gasteiger partial charge in [-0.2, -0.15) is 0 Å². The second-order valence-electron chi connectivity index (χ2n) is 5.00. The molecule has 0 fully saturated rings. The molecule has 5 nitrogen and oxygen atoms in total. The molecule has 0 aromatic heterocycles. The zero-order valence-electron chi connectivity index (χ0n) is 12.2. The highest BCUT2D eigenvalue weighted by Gasteiger charge is 2.14. The monoisotopic (exact) mass is 376 g/mol. The van der Waals surface area contributed by atoms with Crippen molar-refractivity contribution in [3.05, 3.63) is 28.7 Å². The molecule has 1 aromatic carbocycles. The molecule has 0 saturated carbocycles. The molecule has 1 aromatic rings. The Hall–Kier alpha value is -0.920. The van der Waals surface area contributed by atoms with Gasteiger partial charge in [0, 0.05) is 23.1 Å². The summed E-state index contributed by atoms with van der Waals surface area (Å²) in [5.41, 5.74) is 0.753. The lowest BCUT2D eigenvalue weighted by Crippen LogP contribution is -2.31. The molecule has 2 N–H and O–H groups in total. The van der Waals surface area contributed by atoms with E-state index in [2.05, 4.69) is 26.0 Å². The Morgan fingerprint density at radius 3 is 2.38 bits per heavy atom. The number of anilines is 1. The van der Waals surface area contributed by atoms with Crippen molar-refractivity contribution in [2.75, 3.05) is 11.9 Å². The fraction of sp³-hybridized carbons (Fsp3) is 0.500. The Morgan fingerprint density at radius 2 is 1.81 bits per heavy atom. The van der Waals surface area contributed by atoms with Crippen LogP contribution in [0.5, 0.6) is 0 Å². The van der Waals surface area contributed by atoms with Gasteiger partial charge < -0.3 is 5.32 Å². The van der Waals surface area contributed by atoms with Crippen LogP contribution in [0.4, 0.5) is 5.69 Å². The van der Waals surface area contributed by atoms with Crippen LogP contribution in [-0.2, 0) is 14.8 Å². The number of hydrogen-bond donors (Lipinski definition) is 2. The van der Waals surface area contributed by atoms with E-state index in [-0.39, 0.29) is 5.91 Å². The van der Waals surface area contributed by atoms with Gasteiger partial charge in [0.05, 0.1) is 5.25 Å². The molecule has 0 aliphatic rings. The zero-order valence-corrected chi connectivity index (χ0v) is 14.6. The van der Waals surface area contributed by atoms with Crippen LogP contribution < -0.4 is 10.0 Å². The fourth-order valence-electron chi connectivity index (χ4n) is 1.55. The third kappa shape index (κ3) is 7.06. The first-order chi connectivity index (χ1) is 9.81. The van der Waals surface area contributed by atoms with Gasteiger partial charge in [-0.15, -0.1) is 0 Å².